The Morgan fingerprint density at radius 2 is 1.31 bits per heavy atom. The van der Waals surface area contributed by atoms with Crippen LogP contribution in [0.25, 0.3) is 66.8 Å². The molecule has 0 aliphatic heterocycles. The number of rotatable bonds is 5. The number of phenols is 1. The Bertz CT molecular complexity index is 2610. The van der Waals surface area contributed by atoms with Gasteiger partial charge in [0.1, 0.15) is 11.6 Å². The van der Waals surface area contributed by atoms with Crippen molar-refractivity contribution in [3.63, 3.8) is 0 Å². The van der Waals surface area contributed by atoms with Crippen LogP contribution in [0.1, 0.15) is 118 Å². The summed E-state index contributed by atoms with van der Waals surface area (Å²) >= 11 is 0. The molecule has 1 aliphatic carbocycles. The molecule has 0 atom stereocenters. The molecule has 3 aromatic heterocycles. The van der Waals surface area contributed by atoms with Crippen molar-refractivity contribution in [2.24, 2.45) is 5.92 Å². The Kier molecular flexibility index (Phi) is 11.1. The van der Waals surface area contributed by atoms with Gasteiger partial charge in [-0.15, -0.1) is 35.4 Å². The van der Waals surface area contributed by atoms with E-state index in [1.807, 2.05) is 36.7 Å². The van der Waals surface area contributed by atoms with Crippen molar-refractivity contribution in [3.8, 4) is 50.6 Å². The van der Waals surface area contributed by atoms with Gasteiger partial charge in [0.2, 0.25) is 0 Å². The van der Waals surface area contributed by atoms with E-state index in [9.17, 15) is 5.11 Å². The molecule has 1 aliphatic rings. The molecule has 0 saturated heterocycles. The predicted molar refractivity (Wildman–Crippen MR) is 238 cm³/mol. The van der Waals surface area contributed by atoms with Crippen LogP contribution in [0.5, 0.6) is 5.75 Å². The molecule has 1 N–H and O–H groups in total. The molecule has 0 bridgehead atoms. The van der Waals surface area contributed by atoms with Gasteiger partial charge in [-0.05, 0) is 112 Å². The van der Waals surface area contributed by atoms with Crippen molar-refractivity contribution in [1.29, 1.82) is 0 Å². The number of nitrogens with zero attached hydrogens (tertiary/aromatic N) is 4. The minimum atomic E-state index is -0.0940. The maximum Gasteiger partial charge on any atom is 0.144 e. The quantitative estimate of drug-likeness (QED) is 0.175. The van der Waals surface area contributed by atoms with E-state index in [2.05, 4.69) is 141 Å². The van der Waals surface area contributed by atoms with E-state index in [4.69, 9.17) is 15.0 Å². The Morgan fingerprint density at radius 1 is 0.638 bits per heavy atom. The van der Waals surface area contributed by atoms with Gasteiger partial charge in [-0.3, -0.25) is 9.97 Å². The van der Waals surface area contributed by atoms with Gasteiger partial charge in [-0.1, -0.05) is 111 Å². The summed E-state index contributed by atoms with van der Waals surface area (Å²) in [5.74, 6) is 1.75. The molecule has 5 nitrogen and oxygen atoms in total. The van der Waals surface area contributed by atoms with Crippen LogP contribution in [0.4, 0.5) is 0 Å². The summed E-state index contributed by atoms with van der Waals surface area (Å²) in [5.41, 5.74) is 13.2. The first-order chi connectivity index (χ1) is 27.0. The van der Waals surface area contributed by atoms with Gasteiger partial charge < -0.3 is 9.67 Å². The van der Waals surface area contributed by atoms with E-state index >= 15 is 0 Å². The van der Waals surface area contributed by atoms with Crippen molar-refractivity contribution in [1.82, 2.24) is 19.5 Å². The summed E-state index contributed by atoms with van der Waals surface area (Å²) in [7, 11) is 0. The number of aromatic nitrogens is 4. The molecule has 0 unspecified atom stereocenters. The molecule has 0 spiro atoms. The molecule has 3 heterocycles. The SMILES string of the molecule is CC1CCC(n2c(-c3cc(C(C)(C)C)ccc3O)nc3c(-c4[c-]c(-c5cc(C(C)(C)C)cc6c(C(C)(C)C)ccnc56)ccc4)cc(-c4ccccn4)cc32)CC1.[Pt]. The molecule has 7 aromatic rings. The van der Waals surface area contributed by atoms with Gasteiger partial charge in [0.15, 0.2) is 0 Å². The van der Waals surface area contributed by atoms with Crippen LogP contribution >= 0.6 is 0 Å². The minimum Gasteiger partial charge on any atom is -0.507 e. The molecule has 302 valence electrons. The first-order valence-electron chi connectivity index (χ1n) is 20.8. The van der Waals surface area contributed by atoms with Crippen LogP contribution in [-0.2, 0) is 37.3 Å². The third-order valence-corrected chi connectivity index (χ3v) is 12.1. The van der Waals surface area contributed by atoms with Gasteiger partial charge in [-0.2, -0.15) is 0 Å². The molecule has 8 rings (SSSR count). The first-order valence-corrected chi connectivity index (χ1v) is 20.8. The zero-order chi connectivity index (χ0) is 40.4. The van der Waals surface area contributed by atoms with Crippen LogP contribution in [0.3, 0.4) is 0 Å². The van der Waals surface area contributed by atoms with E-state index in [1.165, 1.54) is 16.5 Å². The molecule has 1 saturated carbocycles. The second-order valence-electron chi connectivity index (χ2n) is 19.6. The van der Waals surface area contributed by atoms with Gasteiger partial charge in [0.25, 0.3) is 0 Å². The first kappa shape index (κ1) is 41.6. The largest absolute Gasteiger partial charge is 0.507 e. The van der Waals surface area contributed by atoms with Crippen molar-refractivity contribution in [3.05, 3.63) is 120 Å². The standard InChI is InChI=1S/C52H57N4O.Pt/c1-32-17-20-38(21-18-32)56-45-28-35(44-16-11-12-24-53-44)27-39(48(45)55-49(56)42-29-36(50(2,3)4)19-22-46(42)57)33-14-13-15-34(26-33)40-30-37(51(5,6)7)31-41-43(52(8,9)10)23-25-54-47(40)41;/h11-16,19,22-25,27-32,38,57H,17-18,20-21H2,1-10H3;/q-1;. The smallest absolute Gasteiger partial charge is 0.144 e. The molecule has 0 amide bonds. The zero-order valence-electron chi connectivity index (χ0n) is 35.8. The van der Waals surface area contributed by atoms with Crippen LogP contribution in [-0.4, -0.2) is 24.6 Å². The molecular weight excluding hydrogens is 892 g/mol. The number of pyridine rings is 2. The Morgan fingerprint density at radius 3 is 1.95 bits per heavy atom. The molecule has 1 fully saturated rings. The van der Waals surface area contributed by atoms with Gasteiger partial charge >= 0.3 is 0 Å². The van der Waals surface area contributed by atoms with Crippen molar-refractivity contribution in [2.45, 2.75) is 117 Å². The number of aromatic hydroxyl groups is 1. The average Bonchev–Trinajstić information content (AvgIpc) is 3.55. The summed E-state index contributed by atoms with van der Waals surface area (Å²) < 4.78 is 2.45. The van der Waals surface area contributed by atoms with Crippen molar-refractivity contribution >= 4 is 21.9 Å². The van der Waals surface area contributed by atoms with E-state index in [1.54, 1.807) is 0 Å². The summed E-state index contributed by atoms with van der Waals surface area (Å²) in [4.78, 5) is 15.4. The Hall–Kier alpha value is -4.60. The van der Waals surface area contributed by atoms with Crippen LogP contribution in [0, 0.1) is 12.0 Å². The molecule has 6 heteroatoms. The maximum atomic E-state index is 11.6. The molecule has 0 radical (unpaired) electrons. The number of fused-ring (bicyclic) bond motifs is 2. The van der Waals surface area contributed by atoms with E-state index < -0.39 is 0 Å². The second kappa shape index (κ2) is 15.5. The summed E-state index contributed by atoms with van der Waals surface area (Å²) in [5, 5.41) is 12.8. The van der Waals surface area contributed by atoms with Gasteiger partial charge in [-0.25, -0.2) is 4.98 Å². The van der Waals surface area contributed by atoms with Crippen LogP contribution in [0.2, 0.25) is 0 Å². The monoisotopic (exact) mass is 948 g/mol. The number of hydrogen-bond donors (Lipinski definition) is 1. The van der Waals surface area contributed by atoms with E-state index in [0.717, 1.165) is 92.7 Å². The Balaban J connectivity index is 0.00000512. The third kappa shape index (κ3) is 7.92. The zero-order valence-corrected chi connectivity index (χ0v) is 38.0. The summed E-state index contributed by atoms with van der Waals surface area (Å²) in [6.07, 6.45) is 8.26. The third-order valence-electron chi connectivity index (χ3n) is 12.1. The topological polar surface area (TPSA) is 63.8 Å². The van der Waals surface area contributed by atoms with Crippen LogP contribution < -0.4 is 0 Å². The number of imidazole rings is 1. The number of benzene rings is 4. The van der Waals surface area contributed by atoms with E-state index in [0.29, 0.717) is 5.92 Å². The Labute approximate surface area is 359 Å². The fourth-order valence-corrected chi connectivity index (χ4v) is 8.65. The fraction of sp³-hybridized carbons (Fsp3) is 0.365. The number of phenolic OH excluding ortho intramolecular Hbond substituents is 1. The maximum absolute atomic E-state index is 11.6. The average molecular weight is 949 g/mol. The minimum absolute atomic E-state index is 0. The summed E-state index contributed by atoms with van der Waals surface area (Å²) in [6.45, 7) is 22.7. The van der Waals surface area contributed by atoms with E-state index in [-0.39, 0.29) is 49.1 Å². The van der Waals surface area contributed by atoms with Crippen LogP contribution in [0.15, 0.2) is 97.3 Å². The van der Waals surface area contributed by atoms with Crippen molar-refractivity contribution < 1.29 is 26.2 Å². The van der Waals surface area contributed by atoms with Gasteiger partial charge in [0, 0.05) is 45.0 Å². The normalized spacial score (nSPS) is 16.4. The molecular formula is C52H57N4OPt-. The second-order valence-corrected chi connectivity index (χ2v) is 19.6. The van der Waals surface area contributed by atoms with Gasteiger partial charge in [0.05, 0.1) is 22.3 Å². The molecule has 4 aromatic carbocycles. The predicted octanol–water partition coefficient (Wildman–Crippen LogP) is 13.8. The summed E-state index contributed by atoms with van der Waals surface area (Å²) in [6, 6.07) is 34.1. The number of hydrogen-bond acceptors (Lipinski definition) is 4. The molecule has 58 heavy (non-hydrogen) atoms. The fourth-order valence-electron chi connectivity index (χ4n) is 8.65. The van der Waals surface area contributed by atoms with Crippen molar-refractivity contribution in [2.75, 3.05) is 0 Å².